The molecule has 3 heteroatoms. The van der Waals surface area contributed by atoms with E-state index in [1.807, 2.05) is 17.7 Å². The number of aryl methyl sites for hydroxylation is 1. The van der Waals surface area contributed by atoms with Gasteiger partial charge in [-0.05, 0) is 27.9 Å². The number of halogens is 2. The van der Waals surface area contributed by atoms with Crippen molar-refractivity contribution in [3.8, 4) is 0 Å². The quantitative estimate of drug-likeness (QED) is 0.731. The number of nitrogens with zero attached hydrogens (tertiary/aromatic N) is 1. The van der Waals surface area contributed by atoms with Crippen LogP contribution in [0.5, 0.6) is 0 Å². The first kappa shape index (κ1) is 10.7. The highest BCUT2D eigenvalue weighted by Gasteiger charge is 2.17. The zero-order valence-corrected chi connectivity index (χ0v) is 10.6. The van der Waals surface area contributed by atoms with Crippen LogP contribution in [0.2, 0.25) is 0 Å². The number of rotatable bonds is 1. The van der Waals surface area contributed by atoms with Crippen LogP contribution in [0.15, 0.2) is 22.7 Å². The second-order valence-electron chi connectivity index (χ2n) is 4.05. The molecule has 0 N–H and O–H groups in total. The first-order chi connectivity index (χ1) is 7.04. The molecule has 1 nitrogen and oxygen atoms in total. The lowest BCUT2D eigenvalue weighted by Crippen LogP contribution is -1.99. The van der Waals surface area contributed by atoms with Gasteiger partial charge in [-0.2, -0.15) is 0 Å². The van der Waals surface area contributed by atoms with E-state index in [-0.39, 0.29) is 5.82 Å². The molecule has 1 aromatic carbocycles. The summed E-state index contributed by atoms with van der Waals surface area (Å²) in [5, 5.41) is 0.946. The van der Waals surface area contributed by atoms with Crippen molar-refractivity contribution in [2.45, 2.75) is 19.8 Å². The van der Waals surface area contributed by atoms with Gasteiger partial charge in [-0.1, -0.05) is 26.0 Å². The highest BCUT2D eigenvalue weighted by atomic mass is 79.9. The molecule has 0 radical (unpaired) electrons. The smallest absolute Gasteiger partial charge is 0.147 e. The maximum absolute atomic E-state index is 13.7. The third kappa shape index (κ3) is 1.49. The van der Waals surface area contributed by atoms with Crippen LogP contribution in [0.3, 0.4) is 0 Å². The van der Waals surface area contributed by atoms with Gasteiger partial charge in [0.05, 0.1) is 5.52 Å². The Balaban J connectivity index is 2.92. The maximum atomic E-state index is 13.7. The van der Waals surface area contributed by atoms with E-state index in [1.165, 1.54) is 6.07 Å². The van der Waals surface area contributed by atoms with Gasteiger partial charge in [0.1, 0.15) is 5.82 Å². The van der Waals surface area contributed by atoms with E-state index in [1.54, 1.807) is 6.07 Å². The van der Waals surface area contributed by atoms with Crippen molar-refractivity contribution in [1.82, 2.24) is 4.57 Å². The van der Waals surface area contributed by atoms with Crippen LogP contribution in [-0.4, -0.2) is 4.57 Å². The molecule has 0 saturated heterocycles. The Hall–Kier alpha value is -0.830. The Morgan fingerprint density at radius 2 is 2.00 bits per heavy atom. The molecular weight excluding hydrogens is 257 g/mol. The summed E-state index contributed by atoms with van der Waals surface area (Å²) in [6, 6.07) is 5.18. The molecule has 80 valence electrons. The lowest BCUT2D eigenvalue weighted by molar-refractivity contribution is 0.628. The molecule has 1 aromatic heterocycles. The van der Waals surface area contributed by atoms with Gasteiger partial charge in [0, 0.05) is 22.6 Å². The monoisotopic (exact) mass is 269 g/mol. The summed E-state index contributed by atoms with van der Waals surface area (Å²) in [6.07, 6.45) is 0. The first-order valence-corrected chi connectivity index (χ1v) is 5.75. The van der Waals surface area contributed by atoms with Crippen molar-refractivity contribution in [2.24, 2.45) is 7.05 Å². The number of benzene rings is 1. The summed E-state index contributed by atoms with van der Waals surface area (Å²) < 4.78 is 16.6. The normalized spacial score (nSPS) is 11.6. The summed E-state index contributed by atoms with van der Waals surface area (Å²) in [4.78, 5) is 0. The molecule has 0 aliphatic rings. The summed E-state index contributed by atoms with van der Waals surface area (Å²) in [5.74, 6) is 0.207. The maximum Gasteiger partial charge on any atom is 0.147 e. The highest BCUT2D eigenvalue weighted by molar-refractivity contribution is 9.10. The van der Waals surface area contributed by atoms with E-state index in [9.17, 15) is 4.39 Å². The molecule has 2 aromatic rings. The Labute approximate surface area is 97.0 Å². The van der Waals surface area contributed by atoms with Crippen molar-refractivity contribution in [1.29, 1.82) is 0 Å². The van der Waals surface area contributed by atoms with Crippen LogP contribution in [0.1, 0.15) is 25.5 Å². The molecule has 0 unspecified atom stereocenters. The second kappa shape index (κ2) is 3.63. The van der Waals surface area contributed by atoms with Gasteiger partial charge in [-0.15, -0.1) is 0 Å². The van der Waals surface area contributed by atoms with E-state index < -0.39 is 0 Å². The summed E-state index contributed by atoms with van der Waals surface area (Å²) in [6.45, 7) is 4.22. The van der Waals surface area contributed by atoms with Gasteiger partial charge in [0.25, 0.3) is 0 Å². The minimum atomic E-state index is -0.164. The number of fused-ring (bicyclic) bond motifs is 1. The van der Waals surface area contributed by atoms with Crippen LogP contribution in [0, 0.1) is 5.82 Å². The summed E-state index contributed by atoms with van der Waals surface area (Å²) in [5.41, 5.74) is 1.81. The summed E-state index contributed by atoms with van der Waals surface area (Å²) >= 11 is 3.55. The van der Waals surface area contributed by atoms with Crippen molar-refractivity contribution < 1.29 is 4.39 Å². The predicted octanol–water partition coefficient (Wildman–Crippen LogP) is 4.20. The third-order valence-corrected chi connectivity index (χ3v) is 3.53. The van der Waals surface area contributed by atoms with E-state index in [0.29, 0.717) is 11.4 Å². The lowest BCUT2D eigenvalue weighted by Gasteiger charge is -2.08. The molecule has 0 amide bonds. The minimum Gasteiger partial charge on any atom is -0.344 e. The van der Waals surface area contributed by atoms with E-state index in [4.69, 9.17) is 0 Å². The molecule has 1 heterocycles. The van der Waals surface area contributed by atoms with E-state index >= 15 is 0 Å². The molecule has 0 saturated carbocycles. The molecule has 0 spiro atoms. The molecule has 0 fully saturated rings. The fourth-order valence-corrected chi connectivity index (χ4v) is 3.12. The predicted molar refractivity (Wildman–Crippen MR) is 64.7 cm³/mol. The van der Waals surface area contributed by atoms with Gasteiger partial charge >= 0.3 is 0 Å². The number of para-hydroxylation sites is 1. The van der Waals surface area contributed by atoms with E-state index in [2.05, 4.69) is 29.8 Å². The van der Waals surface area contributed by atoms with Gasteiger partial charge in [0.2, 0.25) is 0 Å². The SMILES string of the molecule is CC(C)c1c(Br)c2cccc(F)c2n1C. The lowest BCUT2D eigenvalue weighted by atomic mass is 10.1. The van der Waals surface area contributed by atoms with Crippen molar-refractivity contribution >= 4 is 26.8 Å². The van der Waals surface area contributed by atoms with Crippen LogP contribution in [0.25, 0.3) is 10.9 Å². The summed E-state index contributed by atoms with van der Waals surface area (Å²) in [7, 11) is 1.91. The highest BCUT2D eigenvalue weighted by Crippen LogP contribution is 2.35. The molecule has 0 aliphatic heterocycles. The van der Waals surface area contributed by atoms with Crippen molar-refractivity contribution in [2.75, 3.05) is 0 Å². The number of hydrogen-bond acceptors (Lipinski definition) is 0. The topological polar surface area (TPSA) is 4.93 Å². The standard InChI is InChI=1S/C12H13BrFN/c1-7(2)11-10(13)8-5-4-6-9(14)12(8)15(11)3/h4-7H,1-3H3. The molecule has 0 bridgehead atoms. The third-order valence-electron chi connectivity index (χ3n) is 2.69. The Morgan fingerprint density at radius 1 is 1.33 bits per heavy atom. The molecule has 2 rings (SSSR count). The van der Waals surface area contributed by atoms with Crippen LogP contribution < -0.4 is 0 Å². The fraction of sp³-hybridized carbons (Fsp3) is 0.333. The van der Waals surface area contributed by atoms with Crippen LogP contribution >= 0.6 is 15.9 Å². The van der Waals surface area contributed by atoms with Crippen LogP contribution in [-0.2, 0) is 7.05 Å². The number of hydrogen-bond donors (Lipinski definition) is 0. The van der Waals surface area contributed by atoms with Crippen LogP contribution in [0.4, 0.5) is 4.39 Å². The van der Waals surface area contributed by atoms with E-state index in [0.717, 1.165) is 15.6 Å². The zero-order valence-electron chi connectivity index (χ0n) is 9.01. The average Bonchev–Trinajstić information content (AvgIpc) is 2.40. The number of aromatic nitrogens is 1. The first-order valence-electron chi connectivity index (χ1n) is 4.96. The Morgan fingerprint density at radius 3 is 2.53 bits per heavy atom. The molecule has 0 aliphatic carbocycles. The molecular formula is C12H13BrFN. The van der Waals surface area contributed by atoms with Gasteiger partial charge in [-0.25, -0.2) is 4.39 Å². The Bertz CT molecular complexity index is 514. The fourth-order valence-electron chi connectivity index (χ4n) is 2.08. The van der Waals surface area contributed by atoms with Gasteiger partial charge < -0.3 is 4.57 Å². The van der Waals surface area contributed by atoms with Gasteiger partial charge in [-0.3, -0.25) is 0 Å². The van der Waals surface area contributed by atoms with Gasteiger partial charge in [0.15, 0.2) is 0 Å². The average molecular weight is 270 g/mol. The second-order valence-corrected chi connectivity index (χ2v) is 4.84. The minimum absolute atomic E-state index is 0.164. The largest absolute Gasteiger partial charge is 0.344 e. The molecule has 0 atom stereocenters. The molecule has 15 heavy (non-hydrogen) atoms. The zero-order chi connectivity index (χ0) is 11.2. The van der Waals surface area contributed by atoms with Crippen molar-refractivity contribution in [3.05, 3.63) is 34.2 Å². The van der Waals surface area contributed by atoms with Crippen molar-refractivity contribution in [3.63, 3.8) is 0 Å². The Kier molecular flexibility index (Phi) is 2.59.